The number of hydrogen-bond donors (Lipinski definition) is 4. The first kappa shape index (κ1) is 51.9. The van der Waals surface area contributed by atoms with Crippen molar-refractivity contribution in [2.45, 2.75) is 35.6 Å². The van der Waals surface area contributed by atoms with Crippen molar-refractivity contribution >= 4 is 23.3 Å². The lowest BCUT2D eigenvalue weighted by Gasteiger charge is -2.26. The van der Waals surface area contributed by atoms with Gasteiger partial charge in [0.05, 0.1) is 85.1 Å². The molecule has 4 aromatic carbocycles. The van der Waals surface area contributed by atoms with Crippen molar-refractivity contribution < 1.29 is 66.8 Å². The number of imidazole rings is 1. The van der Waals surface area contributed by atoms with Crippen LogP contribution in [0.3, 0.4) is 0 Å². The largest absolute Gasteiger partial charge is 0.494 e. The maximum Gasteiger partial charge on any atom is 0.174 e. The number of aliphatic hydroxyl groups is 4. The molecule has 360 valence electrons. The molecule has 4 N–H and O–H groups in total. The summed E-state index contributed by atoms with van der Waals surface area (Å²) in [6, 6.07) is 19.2. The zero-order valence-corrected chi connectivity index (χ0v) is 38.5. The van der Waals surface area contributed by atoms with Gasteiger partial charge in [-0.2, -0.15) is 0 Å². The van der Waals surface area contributed by atoms with Gasteiger partial charge in [0.25, 0.3) is 0 Å². The van der Waals surface area contributed by atoms with Gasteiger partial charge in [-0.05, 0) is 73.1 Å². The lowest BCUT2D eigenvalue weighted by Crippen LogP contribution is -2.44. The van der Waals surface area contributed by atoms with Crippen molar-refractivity contribution in [2.75, 3.05) is 106 Å². The van der Waals surface area contributed by atoms with Gasteiger partial charge in [0, 0.05) is 55.9 Å². The van der Waals surface area contributed by atoms with Crippen molar-refractivity contribution in [3.05, 3.63) is 102 Å². The molecule has 15 nitrogen and oxygen atoms in total. The molecule has 0 saturated heterocycles. The lowest BCUT2D eigenvalue weighted by molar-refractivity contribution is -0.0742. The molecule has 0 aliphatic rings. The predicted octanol–water partition coefficient (Wildman–Crippen LogP) is 5.87. The van der Waals surface area contributed by atoms with Crippen LogP contribution in [0.5, 0.6) is 23.0 Å². The molecule has 0 radical (unpaired) electrons. The summed E-state index contributed by atoms with van der Waals surface area (Å²) in [6.07, 6.45) is -2.10. The molecule has 0 saturated carbocycles. The standard InChI is InChI=1S/C47H59F3N4O11S/c1-52(29-41(57)46(58)40(56)14-16-55)15-17-62-18-19-63-20-21-64-22-23-65-35-10-6-31(7-11-35)32-24-38(49)36(39(50)25-32)30-66-47-51-28-45(54(47)34-8-12-37(48)43(27-34)60-4)53(2)33-9-13-42(59-3)44(26-33)61-5/h6-13,24-28,40-41,46,55-58H,14-23,29-30H2,1-5H3. The van der Waals surface area contributed by atoms with Gasteiger partial charge in [-0.3, -0.25) is 4.57 Å². The maximum absolute atomic E-state index is 15.7. The van der Waals surface area contributed by atoms with Crippen molar-refractivity contribution in [3.63, 3.8) is 0 Å². The van der Waals surface area contributed by atoms with Crippen LogP contribution in [0, 0.1) is 17.5 Å². The van der Waals surface area contributed by atoms with Crippen LogP contribution in [0.4, 0.5) is 24.7 Å². The Hall–Kier alpha value is -5.09. The topological polar surface area (TPSA) is 170 Å². The summed E-state index contributed by atoms with van der Waals surface area (Å²) in [5.74, 6) is 0.133. The Morgan fingerprint density at radius 2 is 1.32 bits per heavy atom. The van der Waals surface area contributed by atoms with Crippen LogP contribution in [-0.4, -0.2) is 155 Å². The van der Waals surface area contributed by atoms with Gasteiger partial charge in [0.2, 0.25) is 0 Å². The maximum atomic E-state index is 15.7. The van der Waals surface area contributed by atoms with Gasteiger partial charge in [-0.25, -0.2) is 18.2 Å². The third kappa shape index (κ3) is 14.5. The normalized spacial score (nSPS) is 12.9. The van der Waals surface area contributed by atoms with Crippen molar-refractivity contribution in [2.24, 2.45) is 0 Å². The van der Waals surface area contributed by atoms with E-state index < -0.39 is 35.8 Å². The first-order valence-electron chi connectivity index (χ1n) is 21.2. The van der Waals surface area contributed by atoms with Gasteiger partial charge in [-0.15, -0.1) is 0 Å². The predicted molar refractivity (Wildman–Crippen MR) is 244 cm³/mol. The van der Waals surface area contributed by atoms with Crippen LogP contribution < -0.4 is 23.8 Å². The highest BCUT2D eigenvalue weighted by Gasteiger charge is 2.25. The lowest BCUT2D eigenvalue weighted by atomic mass is 10.0. The molecule has 0 bridgehead atoms. The van der Waals surface area contributed by atoms with E-state index >= 15 is 8.78 Å². The average molecular weight is 945 g/mol. The van der Waals surface area contributed by atoms with Crippen molar-refractivity contribution in [3.8, 4) is 39.8 Å². The molecular formula is C47H59F3N4O11S. The first-order valence-corrected chi connectivity index (χ1v) is 22.2. The molecule has 5 rings (SSSR count). The fraction of sp³-hybridized carbons (Fsp3) is 0.426. The van der Waals surface area contributed by atoms with Gasteiger partial charge < -0.3 is 63.4 Å². The van der Waals surface area contributed by atoms with Crippen LogP contribution in [-0.2, 0) is 20.0 Å². The van der Waals surface area contributed by atoms with E-state index in [1.807, 2.05) is 18.0 Å². The van der Waals surface area contributed by atoms with Crippen LogP contribution in [0.15, 0.2) is 84.1 Å². The van der Waals surface area contributed by atoms with E-state index in [0.29, 0.717) is 91.2 Å². The molecule has 1 aromatic heterocycles. The molecule has 66 heavy (non-hydrogen) atoms. The minimum absolute atomic E-state index is 0.0153. The summed E-state index contributed by atoms with van der Waals surface area (Å²) in [6.45, 7) is 2.76. The van der Waals surface area contributed by atoms with Gasteiger partial charge >= 0.3 is 0 Å². The summed E-state index contributed by atoms with van der Waals surface area (Å²) in [5, 5.41) is 39.0. The number of ether oxygens (including phenoxy) is 7. The van der Waals surface area contributed by atoms with Crippen LogP contribution in [0.2, 0.25) is 0 Å². The smallest absolute Gasteiger partial charge is 0.174 e. The van der Waals surface area contributed by atoms with Gasteiger partial charge in [0.1, 0.15) is 35.9 Å². The molecule has 0 spiro atoms. The second-order valence-electron chi connectivity index (χ2n) is 15.0. The van der Waals surface area contributed by atoms with Crippen LogP contribution in [0.1, 0.15) is 12.0 Å². The number of halogens is 3. The fourth-order valence-electron chi connectivity index (χ4n) is 6.71. The summed E-state index contributed by atoms with van der Waals surface area (Å²) in [4.78, 5) is 8.23. The van der Waals surface area contributed by atoms with Gasteiger partial charge in [-0.1, -0.05) is 23.9 Å². The van der Waals surface area contributed by atoms with E-state index in [1.54, 1.807) is 72.3 Å². The highest BCUT2D eigenvalue weighted by atomic mass is 32.2. The minimum atomic E-state index is -1.35. The molecule has 0 amide bonds. The molecule has 0 aliphatic heterocycles. The third-order valence-corrected chi connectivity index (χ3v) is 11.4. The van der Waals surface area contributed by atoms with Crippen molar-refractivity contribution in [1.29, 1.82) is 0 Å². The molecule has 3 atom stereocenters. The minimum Gasteiger partial charge on any atom is -0.494 e. The Morgan fingerprint density at radius 1 is 0.682 bits per heavy atom. The molecule has 0 fully saturated rings. The molecule has 0 aliphatic carbocycles. The summed E-state index contributed by atoms with van der Waals surface area (Å²) < 4.78 is 86.2. The number of nitrogens with zero attached hydrogens (tertiary/aromatic N) is 4. The van der Waals surface area contributed by atoms with Crippen LogP contribution >= 0.6 is 11.8 Å². The molecular weight excluding hydrogens is 886 g/mol. The zero-order valence-electron chi connectivity index (χ0n) is 37.7. The highest BCUT2D eigenvalue weighted by Crippen LogP contribution is 2.38. The van der Waals surface area contributed by atoms with Gasteiger partial charge in [0.15, 0.2) is 28.2 Å². The fourth-order valence-corrected chi connectivity index (χ4v) is 7.71. The average Bonchev–Trinajstić information content (AvgIpc) is 3.74. The van der Waals surface area contributed by atoms with E-state index in [9.17, 15) is 19.7 Å². The number of aliphatic hydroxyl groups excluding tert-OH is 4. The molecule has 3 unspecified atom stereocenters. The summed E-state index contributed by atoms with van der Waals surface area (Å²) in [5.41, 5.74) is 2.06. The Labute approximate surface area is 387 Å². The molecule has 1 heterocycles. The number of likely N-dealkylation sites (N-methyl/N-ethyl adjacent to an activating group) is 1. The van der Waals surface area contributed by atoms with E-state index in [-0.39, 0.29) is 43.2 Å². The second-order valence-corrected chi connectivity index (χ2v) is 15.9. The van der Waals surface area contributed by atoms with E-state index in [0.717, 1.165) is 17.4 Å². The van der Waals surface area contributed by atoms with E-state index in [1.165, 1.54) is 38.5 Å². The number of rotatable bonds is 29. The Balaban J connectivity index is 1.07. The van der Waals surface area contributed by atoms with E-state index in [4.69, 9.17) is 38.3 Å². The quantitative estimate of drug-likeness (QED) is 0.0332. The monoisotopic (exact) mass is 944 g/mol. The number of hydrogen-bond acceptors (Lipinski definition) is 15. The summed E-state index contributed by atoms with van der Waals surface area (Å²) >= 11 is 1.12. The number of thioether (sulfide) groups is 1. The number of benzene rings is 4. The molecule has 5 aromatic rings. The SMILES string of the molecule is COc1cc(-n2c(N(C)c3ccc(OC)c(OC)c3)cnc2SCc2c(F)cc(-c3ccc(OCCOCCOCCOCCN(C)CC(O)C(O)C(O)CCO)cc3)cc2F)ccc1F. The second kappa shape index (κ2) is 26.3. The Bertz CT molecular complexity index is 2230. The molecule has 19 heteroatoms. The zero-order chi connectivity index (χ0) is 47.6. The van der Waals surface area contributed by atoms with E-state index in [2.05, 4.69) is 4.98 Å². The van der Waals surface area contributed by atoms with Crippen LogP contribution in [0.25, 0.3) is 16.8 Å². The first-order chi connectivity index (χ1) is 31.9. The number of methoxy groups -OCH3 is 3. The number of anilines is 2. The highest BCUT2D eigenvalue weighted by molar-refractivity contribution is 7.98. The summed E-state index contributed by atoms with van der Waals surface area (Å²) in [7, 11) is 8.03. The third-order valence-electron chi connectivity index (χ3n) is 10.4. The Morgan fingerprint density at radius 3 is 1.95 bits per heavy atom. The number of aromatic nitrogens is 2. The Kier molecular flexibility index (Phi) is 20.7. The van der Waals surface area contributed by atoms with Crippen molar-refractivity contribution in [1.82, 2.24) is 14.5 Å².